The first kappa shape index (κ1) is 17.8. The highest BCUT2D eigenvalue weighted by Crippen LogP contribution is 2.39. The second-order valence-electron chi connectivity index (χ2n) is 5.63. The molecule has 1 heterocycles. The van der Waals surface area contributed by atoms with Gasteiger partial charge in [0.15, 0.2) is 5.58 Å². The highest BCUT2D eigenvalue weighted by Gasteiger charge is 2.17. The molecule has 4 nitrogen and oxygen atoms in total. The number of hydrogen-bond donors (Lipinski definition) is 0. The zero-order chi connectivity index (χ0) is 19.0. The van der Waals surface area contributed by atoms with Crippen LogP contribution in [0.5, 0.6) is 5.75 Å². The molecule has 134 valence electrons. The van der Waals surface area contributed by atoms with E-state index < -0.39 is 10.9 Å². The number of carbonyl (C=O) groups excluding carboxylic acids is 1. The molecule has 0 radical (unpaired) electrons. The fourth-order valence-corrected chi connectivity index (χ4v) is 3.77. The van der Waals surface area contributed by atoms with E-state index in [9.17, 15) is 9.59 Å². The van der Waals surface area contributed by atoms with Crippen LogP contribution in [0.4, 0.5) is 0 Å². The normalized spacial score (nSPS) is 10.9. The largest absolute Gasteiger partial charge is 0.423 e. The summed E-state index contributed by atoms with van der Waals surface area (Å²) in [5.74, 6) is -0.228. The van der Waals surface area contributed by atoms with Gasteiger partial charge in [-0.3, -0.25) is 0 Å². The van der Waals surface area contributed by atoms with Crippen LogP contribution >= 0.6 is 34.5 Å². The van der Waals surface area contributed by atoms with Crippen LogP contribution < -0.4 is 9.68 Å². The molecule has 0 unspecified atom stereocenters. The van der Waals surface area contributed by atoms with Gasteiger partial charge in [-0.25, -0.2) is 9.59 Å². The van der Waals surface area contributed by atoms with E-state index in [0.29, 0.717) is 37.0 Å². The molecule has 0 spiro atoms. The summed E-state index contributed by atoms with van der Waals surface area (Å²) >= 11 is 13.3. The summed E-state index contributed by atoms with van der Waals surface area (Å²) in [6.07, 6.45) is 0. The van der Waals surface area contributed by atoms with Crippen molar-refractivity contribution in [3.05, 3.63) is 86.0 Å². The minimum absolute atomic E-state index is 0.277. The number of rotatable bonds is 3. The van der Waals surface area contributed by atoms with E-state index in [2.05, 4.69) is 0 Å². The molecule has 0 aliphatic heterocycles. The van der Waals surface area contributed by atoms with Gasteiger partial charge >= 0.3 is 10.9 Å². The topological polar surface area (TPSA) is 56.5 Å². The number of benzene rings is 3. The average molecular weight is 417 g/mol. The van der Waals surface area contributed by atoms with E-state index in [1.54, 1.807) is 54.6 Å². The summed E-state index contributed by atoms with van der Waals surface area (Å²) in [4.78, 5) is 23.7. The lowest BCUT2D eigenvalue weighted by Crippen LogP contribution is -2.08. The van der Waals surface area contributed by atoms with Crippen molar-refractivity contribution in [2.24, 2.45) is 0 Å². The van der Waals surface area contributed by atoms with Crippen LogP contribution in [0.1, 0.15) is 10.4 Å². The summed E-state index contributed by atoms with van der Waals surface area (Å²) in [7, 11) is 0. The fourth-order valence-electron chi connectivity index (χ4n) is 2.66. The lowest BCUT2D eigenvalue weighted by molar-refractivity contribution is 0.0735. The van der Waals surface area contributed by atoms with E-state index >= 15 is 0 Å². The van der Waals surface area contributed by atoms with Crippen molar-refractivity contribution in [3.63, 3.8) is 0 Å². The summed E-state index contributed by atoms with van der Waals surface area (Å²) in [6, 6.07) is 16.8. The molecule has 4 rings (SSSR count). The molecular formula is C20H10Cl2O4S. The zero-order valence-corrected chi connectivity index (χ0v) is 15.9. The van der Waals surface area contributed by atoms with Gasteiger partial charge in [0.25, 0.3) is 0 Å². The number of esters is 1. The Labute approximate surface area is 167 Å². The van der Waals surface area contributed by atoms with E-state index in [1.165, 1.54) is 0 Å². The molecular weight excluding hydrogens is 407 g/mol. The van der Waals surface area contributed by atoms with Gasteiger partial charge in [-0.1, -0.05) is 52.7 Å². The molecule has 0 aliphatic carbocycles. The molecule has 7 heteroatoms. The monoisotopic (exact) mass is 416 g/mol. The van der Waals surface area contributed by atoms with Gasteiger partial charge in [0, 0.05) is 27.2 Å². The van der Waals surface area contributed by atoms with Gasteiger partial charge in [-0.15, -0.1) is 0 Å². The Morgan fingerprint density at radius 3 is 2.52 bits per heavy atom. The van der Waals surface area contributed by atoms with Crippen LogP contribution in [0, 0.1) is 0 Å². The minimum Gasteiger partial charge on any atom is -0.423 e. The smallest absolute Gasteiger partial charge is 0.396 e. The third-order valence-electron chi connectivity index (χ3n) is 3.85. The molecule has 0 saturated carbocycles. The summed E-state index contributed by atoms with van der Waals surface area (Å²) in [6.45, 7) is 0. The van der Waals surface area contributed by atoms with Crippen LogP contribution in [-0.2, 0) is 0 Å². The molecule has 4 aromatic rings. The van der Waals surface area contributed by atoms with E-state index in [-0.39, 0.29) is 5.75 Å². The van der Waals surface area contributed by atoms with Crippen LogP contribution in [0.15, 0.2) is 69.9 Å². The quantitative estimate of drug-likeness (QED) is 0.301. The molecule has 0 fully saturated rings. The Kier molecular flexibility index (Phi) is 4.74. The Morgan fingerprint density at radius 1 is 0.963 bits per heavy atom. The highest BCUT2D eigenvalue weighted by molar-refractivity contribution is 7.16. The number of ether oxygens (including phenoxy) is 1. The second kappa shape index (κ2) is 7.19. The zero-order valence-electron chi connectivity index (χ0n) is 13.6. The number of carbonyl (C=O) groups is 1. The van der Waals surface area contributed by atoms with E-state index in [4.69, 9.17) is 32.4 Å². The van der Waals surface area contributed by atoms with Crippen molar-refractivity contribution in [3.8, 4) is 16.9 Å². The molecule has 0 atom stereocenters. The highest BCUT2D eigenvalue weighted by atomic mass is 35.5. The van der Waals surface area contributed by atoms with Crippen molar-refractivity contribution in [2.75, 3.05) is 0 Å². The SMILES string of the molecule is O=C(Oc1cc(-c2cc(Cl)ccc2Cl)c2oc(=O)sc2c1)c1ccccc1. The van der Waals surface area contributed by atoms with Crippen LogP contribution in [-0.4, -0.2) is 5.97 Å². The summed E-state index contributed by atoms with van der Waals surface area (Å²) in [5.41, 5.74) is 1.89. The predicted octanol–water partition coefficient (Wildman–Crippen LogP) is 6.05. The van der Waals surface area contributed by atoms with E-state index in [0.717, 1.165) is 11.3 Å². The van der Waals surface area contributed by atoms with Gasteiger partial charge in [0.05, 0.1) is 10.3 Å². The Morgan fingerprint density at radius 2 is 1.74 bits per heavy atom. The third kappa shape index (κ3) is 3.62. The number of halogens is 2. The standard InChI is InChI=1S/C20H10Cl2O4S/c21-12-6-7-16(22)14(8-12)15-9-13(10-17-18(15)26-20(24)27-17)25-19(23)11-4-2-1-3-5-11/h1-10H. The first-order chi connectivity index (χ1) is 13.0. The van der Waals surface area contributed by atoms with Crippen LogP contribution in [0.25, 0.3) is 21.4 Å². The number of fused-ring (bicyclic) bond motifs is 1. The van der Waals surface area contributed by atoms with Gasteiger partial charge in [-0.2, -0.15) is 0 Å². The minimum atomic E-state index is -0.506. The lowest BCUT2D eigenvalue weighted by Gasteiger charge is -2.09. The Hall–Kier alpha value is -2.60. The average Bonchev–Trinajstić information content (AvgIpc) is 3.04. The molecule has 0 amide bonds. The lowest BCUT2D eigenvalue weighted by atomic mass is 10.0. The Bertz CT molecular complexity index is 1210. The summed E-state index contributed by atoms with van der Waals surface area (Å²) in [5, 5.41) is 0.910. The number of hydrogen-bond acceptors (Lipinski definition) is 5. The van der Waals surface area contributed by atoms with Gasteiger partial charge in [-0.05, 0) is 36.4 Å². The molecule has 3 aromatic carbocycles. The summed E-state index contributed by atoms with van der Waals surface area (Å²) < 4.78 is 11.4. The first-order valence-electron chi connectivity index (χ1n) is 7.81. The maximum atomic E-state index is 12.4. The fraction of sp³-hybridized carbons (Fsp3) is 0. The van der Waals surface area contributed by atoms with Crippen molar-refractivity contribution < 1.29 is 13.9 Å². The van der Waals surface area contributed by atoms with Gasteiger partial charge in [0.2, 0.25) is 0 Å². The predicted molar refractivity (Wildman–Crippen MR) is 107 cm³/mol. The molecule has 0 bridgehead atoms. The van der Waals surface area contributed by atoms with Crippen LogP contribution in [0.2, 0.25) is 10.0 Å². The van der Waals surface area contributed by atoms with Gasteiger partial charge < -0.3 is 9.15 Å². The Balaban J connectivity index is 1.85. The molecule has 0 N–H and O–H groups in total. The van der Waals surface area contributed by atoms with E-state index in [1.807, 2.05) is 6.07 Å². The van der Waals surface area contributed by atoms with Crippen molar-refractivity contribution >= 4 is 50.8 Å². The second-order valence-corrected chi connectivity index (χ2v) is 7.45. The van der Waals surface area contributed by atoms with Crippen molar-refractivity contribution in [2.45, 2.75) is 0 Å². The maximum absolute atomic E-state index is 12.4. The van der Waals surface area contributed by atoms with Gasteiger partial charge in [0.1, 0.15) is 5.75 Å². The molecule has 0 saturated heterocycles. The van der Waals surface area contributed by atoms with Crippen LogP contribution in [0.3, 0.4) is 0 Å². The molecule has 1 aromatic heterocycles. The first-order valence-corrected chi connectivity index (χ1v) is 9.39. The molecule has 27 heavy (non-hydrogen) atoms. The maximum Gasteiger partial charge on any atom is 0.396 e. The third-order valence-corrected chi connectivity index (χ3v) is 5.18. The van der Waals surface area contributed by atoms with Crippen molar-refractivity contribution in [1.82, 2.24) is 0 Å². The van der Waals surface area contributed by atoms with Crippen molar-refractivity contribution in [1.29, 1.82) is 0 Å². The molecule has 0 aliphatic rings.